The highest BCUT2D eigenvalue weighted by molar-refractivity contribution is 6.42. The quantitative estimate of drug-likeness (QED) is 0.842. The number of likely N-dealkylation sites (tertiary alicyclic amines) is 1. The van der Waals surface area contributed by atoms with Gasteiger partial charge in [-0.25, -0.2) is 0 Å². The average molecular weight is 313 g/mol. The van der Waals surface area contributed by atoms with Crippen molar-refractivity contribution in [1.29, 1.82) is 0 Å². The van der Waals surface area contributed by atoms with Crippen LogP contribution in [-0.2, 0) is 9.63 Å². The maximum absolute atomic E-state index is 12.2. The fourth-order valence-corrected chi connectivity index (χ4v) is 2.80. The van der Waals surface area contributed by atoms with Crippen LogP contribution >= 0.6 is 23.2 Å². The highest BCUT2D eigenvalue weighted by Crippen LogP contribution is 2.26. The summed E-state index contributed by atoms with van der Waals surface area (Å²) in [6.45, 7) is 1.64. The van der Waals surface area contributed by atoms with Gasteiger partial charge < -0.3 is 9.74 Å². The van der Waals surface area contributed by atoms with Crippen molar-refractivity contribution in [1.82, 2.24) is 4.90 Å². The predicted molar refractivity (Wildman–Crippen MR) is 78.3 cm³/mol. The van der Waals surface area contributed by atoms with Crippen molar-refractivity contribution >= 4 is 34.8 Å². The summed E-state index contributed by atoms with van der Waals surface area (Å²) in [5.41, 5.74) is 1.58. The highest BCUT2D eigenvalue weighted by Gasteiger charge is 2.33. The van der Waals surface area contributed by atoms with Gasteiger partial charge in [-0.1, -0.05) is 34.4 Å². The lowest BCUT2D eigenvalue weighted by atomic mass is 10.0. The van der Waals surface area contributed by atoms with E-state index in [0.717, 1.165) is 37.2 Å². The van der Waals surface area contributed by atoms with Crippen molar-refractivity contribution in [3.8, 4) is 0 Å². The van der Waals surface area contributed by atoms with E-state index >= 15 is 0 Å². The topological polar surface area (TPSA) is 41.9 Å². The van der Waals surface area contributed by atoms with Crippen LogP contribution in [0.4, 0.5) is 0 Å². The maximum Gasteiger partial charge on any atom is 0.266 e. The molecule has 1 fully saturated rings. The lowest BCUT2D eigenvalue weighted by molar-refractivity contribution is -0.140. The predicted octanol–water partition coefficient (Wildman–Crippen LogP) is 3.11. The van der Waals surface area contributed by atoms with Gasteiger partial charge in [0.05, 0.1) is 15.8 Å². The van der Waals surface area contributed by atoms with Crippen molar-refractivity contribution in [2.75, 3.05) is 13.1 Å². The van der Waals surface area contributed by atoms with E-state index in [1.807, 2.05) is 11.0 Å². The zero-order chi connectivity index (χ0) is 14.1. The first-order valence-electron chi connectivity index (χ1n) is 6.62. The van der Waals surface area contributed by atoms with Gasteiger partial charge in [0.25, 0.3) is 5.91 Å². The summed E-state index contributed by atoms with van der Waals surface area (Å²) in [4.78, 5) is 19.4. The van der Waals surface area contributed by atoms with Crippen LogP contribution in [0.1, 0.15) is 24.8 Å². The van der Waals surface area contributed by atoms with Crippen LogP contribution in [0.2, 0.25) is 10.0 Å². The van der Waals surface area contributed by atoms with E-state index in [1.165, 1.54) is 0 Å². The van der Waals surface area contributed by atoms with Crippen LogP contribution in [0.3, 0.4) is 0 Å². The zero-order valence-electron chi connectivity index (χ0n) is 10.8. The first-order chi connectivity index (χ1) is 9.65. The minimum atomic E-state index is -0.502. The third-order valence-corrected chi connectivity index (χ3v) is 4.35. The summed E-state index contributed by atoms with van der Waals surface area (Å²) in [5, 5.41) is 4.99. The standard InChI is InChI=1S/C14H14Cl2N2O2/c15-10-4-3-9(7-11(10)16)12-8-13(20-17-12)14(19)18-5-1-2-6-18/h3-4,7,13H,1-2,5-6,8H2/t13-/m1/s1. The Kier molecular flexibility index (Phi) is 3.85. The van der Waals surface area contributed by atoms with Gasteiger partial charge in [-0.15, -0.1) is 0 Å². The van der Waals surface area contributed by atoms with Gasteiger partial charge in [0.15, 0.2) is 0 Å². The molecule has 6 heteroatoms. The van der Waals surface area contributed by atoms with E-state index < -0.39 is 6.10 Å². The molecule has 4 nitrogen and oxygen atoms in total. The molecule has 1 saturated heterocycles. The Labute approximate surface area is 127 Å². The molecule has 1 aromatic rings. The summed E-state index contributed by atoms with van der Waals surface area (Å²) < 4.78 is 0. The fourth-order valence-electron chi connectivity index (χ4n) is 2.50. The van der Waals surface area contributed by atoms with Crippen LogP contribution in [0.5, 0.6) is 0 Å². The smallest absolute Gasteiger partial charge is 0.266 e. The normalized spacial score (nSPS) is 21.8. The molecule has 2 aliphatic rings. The molecule has 0 radical (unpaired) electrons. The molecule has 0 bridgehead atoms. The number of nitrogens with zero attached hydrogens (tertiary/aromatic N) is 2. The second-order valence-electron chi connectivity index (χ2n) is 5.00. The summed E-state index contributed by atoms with van der Waals surface area (Å²) in [7, 11) is 0. The van der Waals surface area contributed by atoms with Gasteiger partial charge >= 0.3 is 0 Å². The van der Waals surface area contributed by atoms with Gasteiger partial charge in [-0.2, -0.15) is 0 Å². The van der Waals surface area contributed by atoms with E-state index in [1.54, 1.807) is 12.1 Å². The zero-order valence-corrected chi connectivity index (χ0v) is 12.3. The van der Waals surface area contributed by atoms with Gasteiger partial charge in [-0.05, 0) is 25.0 Å². The summed E-state index contributed by atoms with van der Waals surface area (Å²) in [6.07, 6.45) is 2.11. The number of carbonyl (C=O) groups is 1. The van der Waals surface area contributed by atoms with Crippen molar-refractivity contribution < 1.29 is 9.63 Å². The second-order valence-corrected chi connectivity index (χ2v) is 5.81. The van der Waals surface area contributed by atoms with Gasteiger partial charge in [0.1, 0.15) is 0 Å². The molecule has 0 aliphatic carbocycles. The molecule has 2 heterocycles. The van der Waals surface area contributed by atoms with Crippen LogP contribution in [0.15, 0.2) is 23.4 Å². The monoisotopic (exact) mass is 312 g/mol. The summed E-state index contributed by atoms with van der Waals surface area (Å²) in [5.74, 6) is 0.0290. The first kappa shape index (κ1) is 13.7. The summed E-state index contributed by atoms with van der Waals surface area (Å²) in [6, 6.07) is 5.30. The Balaban J connectivity index is 1.69. The Morgan fingerprint density at radius 2 is 2.00 bits per heavy atom. The maximum atomic E-state index is 12.2. The SMILES string of the molecule is O=C([C@H]1CC(c2ccc(Cl)c(Cl)c2)=NO1)N1CCCC1. The molecule has 1 aromatic carbocycles. The lowest BCUT2D eigenvalue weighted by Crippen LogP contribution is -2.37. The third kappa shape index (κ3) is 2.63. The van der Waals surface area contributed by atoms with E-state index in [2.05, 4.69) is 5.16 Å². The van der Waals surface area contributed by atoms with Crippen molar-refractivity contribution in [2.24, 2.45) is 5.16 Å². The lowest BCUT2D eigenvalue weighted by Gasteiger charge is -2.18. The number of hydrogen-bond acceptors (Lipinski definition) is 3. The Morgan fingerprint density at radius 3 is 2.70 bits per heavy atom. The number of rotatable bonds is 2. The van der Waals surface area contributed by atoms with Crippen LogP contribution in [0.25, 0.3) is 0 Å². The number of oxime groups is 1. The number of amides is 1. The molecule has 0 spiro atoms. The van der Waals surface area contributed by atoms with Crippen LogP contribution in [-0.4, -0.2) is 35.7 Å². The van der Waals surface area contributed by atoms with Gasteiger partial charge in [0.2, 0.25) is 6.10 Å². The highest BCUT2D eigenvalue weighted by atomic mass is 35.5. The second kappa shape index (κ2) is 5.62. The molecular formula is C14H14Cl2N2O2. The van der Waals surface area contributed by atoms with Crippen LogP contribution < -0.4 is 0 Å². The van der Waals surface area contributed by atoms with Crippen molar-refractivity contribution in [3.05, 3.63) is 33.8 Å². The molecule has 0 N–H and O–H groups in total. The van der Waals surface area contributed by atoms with Crippen molar-refractivity contribution in [2.45, 2.75) is 25.4 Å². The molecule has 2 aliphatic heterocycles. The molecule has 1 atom stereocenters. The fraction of sp³-hybridized carbons (Fsp3) is 0.429. The van der Waals surface area contributed by atoms with Crippen LogP contribution in [0, 0.1) is 0 Å². The Hall–Kier alpha value is -1.26. The van der Waals surface area contributed by atoms with E-state index in [-0.39, 0.29) is 5.91 Å². The molecule has 106 valence electrons. The molecule has 0 unspecified atom stereocenters. The largest absolute Gasteiger partial charge is 0.382 e. The number of benzene rings is 1. The van der Waals surface area contributed by atoms with Gasteiger partial charge in [-0.3, -0.25) is 4.79 Å². The van der Waals surface area contributed by atoms with E-state index in [4.69, 9.17) is 28.0 Å². The van der Waals surface area contributed by atoms with Gasteiger partial charge in [0, 0.05) is 25.1 Å². The third-order valence-electron chi connectivity index (χ3n) is 3.61. The molecular weight excluding hydrogens is 299 g/mol. The number of hydrogen-bond donors (Lipinski definition) is 0. The number of carbonyl (C=O) groups excluding carboxylic acids is 1. The number of halogens is 2. The van der Waals surface area contributed by atoms with Crippen molar-refractivity contribution in [3.63, 3.8) is 0 Å². The minimum absolute atomic E-state index is 0.0290. The molecule has 0 aromatic heterocycles. The Morgan fingerprint density at radius 1 is 1.25 bits per heavy atom. The average Bonchev–Trinajstić information content (AvgIpc) is 3.11. The molecule has 20 heavy (non-hydrogen) atoms. The van der Waals surface area contributed by atoms with E-state index in [0.29, 0.717) is 16.5 Å². The molecule has 1 amide bonds. The molecule has 3 rings (SSSR count). The minimum Gasteiger partial charge on any atom is -0.382 e. The molecule has 0 saturated carbocycles. The Bertz CT molecular complexity index is 568. The summed E-state index contributed by atoms with van der Waals surface area (Å²) >= 11 is 11.9. The first-order valence-corrected chi connectivity index (χ1v) is 7.37. The van der Waals surface area contributed by atoms with E-state index in [9.17, 15) is 4.79 Å².